The van der Waals surface area contributed by atoms with Gasteiger partial charge in [-0.2, -0.15) is 0 Å². The molecule has 0 atom stereocenters. The topological polar surface area (TPSA) is 38.9 Å². The minimum absolute atomic E-state index is 0.797. The lowest BCUT2D eigenvalue weighted by Gasteiger charge is -2.00. The molecule has 4 rings (SSSR count). The number of benzene rings is 2. The predicted octanol–water partition coefficient (Wildman–Crippen LogP) is 4.04. The van der Waals surface area contributed by atoms with Crippen molar-refractivity contribution in [1.29, 1.82) is 0 Å². The molecular weight excluding hydrogens is 236 g/mol. The lowest BCUT2D eigenvalue weighted by atomic mass is 10.1. The zero-order chi connectivity index (χ0) is 12.7. The largest absolute Gasteiger partial charge is 0.356 e. The smallest absolute Gasteiger partial charge is 0.167 e. The number of fused-ring (bicyclic) bond motifs is 2. The van der Waals surface area contributed by atoms with Crippen LogP contribution in [0.3, 0.4) is 0 Å². The monoisotopic (exact) mass is 246 g/mol. The molecule has 0 aliphatic carbocycles. The molecule has 0 saturated heterocycles. The van der Waals surface area contributed by atoms with Crippen LogP contribution >= 0.6 is 0 Å². The van der Waals surface area contributed by atoms with Gasteiger partial charge in [0.1, 0.15) is 5.69 Å². The van der Waals surface area contributed by atoms with E-state index in [1.54, 1.807) is 0 Å². The second-order valence-corrected chi connectivity index (χ2v) is 4.44. The maximum Gasteiger partial charge on any atom is 0.167 e. The Morgan fingerprint density at radius 1 is 0.895 bits per heavy atom. The van der Waals surface area contributed by atoms with E-state index in [1.807, 2.05) is 54.7 Å². The van der Waals surface area contributed by atoms with Gasteiger partial charge in [0.25, 0.3) is 0 Å². The SMILES string of the molecule is c1ccc2ncc(-c3noc4ccccc34)cc2c1. The molecule has 0 radical (unpaired) electrons. The summed E-state index contributed by atoms with van der Waals surface area (Å²) in [5, 5.41) is 6.27. The normalized spacial score (nSPS) is 11.2. The van der Waals surface area contributed by atoms with E-state index in [0.717, 1.165) is 33.1 Å². The fraction of sp³-hybridized carbons (Fsp3) is 0. The minimum atomic E-state index is 0.797. The summed E-state index contributed by atoms with van der Waals surface area (Å²) in [5.74, 6) is 0. The van der Waals surface area contributed by atoms with Gasteiger partial charge in [-0.1, -0.05) is 35.5 Å². The summed E-state index contributed by atoms with van der Waals surface area (Å²) in [4.78, 5) is 4.46. The van der Waals surface area contributed by atoms with E-state index < -0.39 is 0 Å². The quantitative estimate of drug-likeness (QED) is 0.508. The van der Waals surface area contributed by atoms with Crippen LogP contribution in [0.15, 0.2) is 65.3 Å². The van der Waals surface area contributed by atoms with Gasteiger partial charge in [-0.3, -0.25) is 4.98 Å². The van der Waals surface area contributed by atoms with Crippen LogP contribution in [0.5, 0.6) is 0 Å². The van der Waals surface area contributed by atoms with Crippen molar-refractivity contribution in [3.63, 3.8) is 0 Å². The molecule has 2 aromatic carbocycles. The Morgan fingerprint density at radius 2 is 1.74 bits per heavy atom. The molecule has 2 aromatic heterocycles. The highest BCUT2D eigenvalue weighted by atomic mass is 16.5. The molecule has 2 heterocycles. The standard InChI is InChI=1S/C16H10N2O/c1-3-7-14-11(5-1)9-12(10-17-14)16-13-6-2-4-8-15(13)19-18-16/h1-10H. The second-order valence-electron chi connectivity index (χ2n) is 4.44. The van der Waals surface area contributed by atoms with E-state index in [1.165, 1.54) is 0 Å². The molecule has 0 bridgehead atoms. The second kappa shape index (κ2) is 3.92. The molecular formula is C16H10N2O. The molecule has 0 amide bonds. The van der Waals surface area contributed by atoms with Crippen LogP contribution in [0, 0.1) is 0 Å². The molecule has 0 aliphatic rings. The average Bonchev–Trinajstić information content (AvgIpc) is 2.91. The Balaban J connectivity index is 1.99. The number of pyridine rings is 1. The van der Waals surface area contributed by atoms with Crippen molar-refractivity contribution in [2.75, 3.05) is 0 Å². The highest BCUT2D eigenvalue weighted by molar-refractivity contribution is 5.93. The maximum absolute atomic E-state index is 5.34. The van der Waals surface area contributed by atoms with Crippen molar-refractivity contribution in [2.45, 2.75) is 0 Å². The lowest BCUT2D eigenvalue weighted by molar-refractivity contribution is 0.459. The highest BCUT2D eigenvalue weighted by Gasteiger charge is 2.10. The van der Waals surface area contributed by atoms with Crippen LogP contribution in [0.25, 0.3) is 33.1 Å². The van der Waals surface area contributed by atoms with E-state index in [9.17, 15) is 0 Å². The van der Waals surface area contributed by atoms with Gasteiger partial charge in [0.2, 0.25) is 0 Å². The van der Waals surface area contributed by atoms with Crippen molar-refractivity contribution >= 4 is 21.9 Å². The fourth-order valence-electron chi connectivity index (χ4n) is 2.29. The molecule has 0 N–H and O–H groups in total. The third kappa shape index (κ3) is 1.59. The van der Waals surface area contributed by atoms with Crippen molar-refractivity contribution in [1.82, 2.24) is 10.1 Å². The lowest BCUT2D eigenvalue weighted by Crippen LogP contribution is -1.83. The van der Waals surface area contributed by atoms with Gasteiger partial charge in [-0.25, -0.2) is 0 Å². The first-order valence-electron chi connectivity index (χ1n) is 6.11. The summed E-state index contributed by atoms with van der Waals surface area (Å²) in [5.41, 5.74) is 3.60. The number of aromatic nitrogens is 2. The summed E-state index contributed by atoms with van der Waals surface area (Å²) < 4.78 is 5.34. The molecule has 90 valence electrons. The van der Waals surface area contributed by atoms with E-state index in [4.69, 9.17) is 4.52 Å². The first-order valence-corrected chi connectivity index (χ1v) is 6.11. The van der Waals surface area contributed by atoms with Gasteiger partial charge in [0, 0.05) is 22.5 Å². The summed E-state index contributed by atoms with van der Waals surface area (Å²) in [6.07, 6.45) is 1.84. The molecule has 0 fully saturated rings. The highest BCUT2D eigenvalue weighted by Crippen LogP contribution is 2.28. The number of hydrogen-bond donors (Lipinski definition) is 0. The molecule has 0 saturated carbocycles. The van der Waals surface area contributed by atoms with E-state index >= 15 is 0 Å². The van der Waals surface area contributed by atoms with Gasteiger partial charge in [-0.05, 0) is 24.3 Å². The van der Waals surface area contributed by atoms with Gasteiger partial charge >= 0.3 is 0 Å². The number of para-hydroxylation sites is 2. The fourth-order valence-corrected chi connectivity index (χ4v) is 2.29. The third-order valence-corrected chi connectivity index (χ3v) is 3.24. The number of nitrogens with zero attached hydrogens (tertiary/aromatic N) is 2. The van der Waals surface area contributed by atoms with E-state index in [-0.39, 0.29) is 0 Å². The number of hydrogen-bond acceptors (Lipinski definition) is 3. The molecule has 0 aliphatic heterocycles. The van der Waals surface area contributed by atoms with Gasteiger partial charge < -0.3 is 4.52 Å². The van der Waals surface area contributed by atoms with Crippen LogP contribution in [-0.4, -0.2) is 10.1 Å². The summed E-state index contributed by atoms with van der Waals surface area (Å²) in [7, 11) is 0. The third-order valence-electron chi connectivity index (χ3n) is 3.24. The first-order chi connectivity index (χ1) is 9.42. The van der Waals surface area contributed by atoms with Crippen molar-refractivity contribution in [3.8, 4) is 11.3 Å². The first kappa shape index (κ1) is 10.3. The molecule has 0 unspecified atom stereocenters. The van der Waals surface area contributed by atoms with Crippen LogP contribution in [0.4, 0.5) is 0 Å². The average molecular weight is 246 g/mol. The Morgan fingerprint density at radius 3 is 2.74 bits per heavy atom. The van der Waals surface area contributed by atoms with Crippen LogP contribution in [0.1, 0.15) is 0 Å². The molecule has 19 heavy (non-hydrogen) atoms. The van der Waals surface area contributed by atoms with Crippen molar-refractivity contribution in [3.05, 3.63) is 60.8 Å². The van der Waals surface area contributed by atoms with Crippen molar-refractivity contribution in [2.24, 2.45) is 0 Å². The summed E-state index contributed by atoms with van der Waals surface area (Å²) >= 11 is 0. The predicted molar refractivity (Wildman–Crippen MR) is 74.7 cm³/mol. The Hall–Kier alpha value is -2.68. The maximum atomic E-state index is 5.34. The van der Waals surface area contributed by atoms with Crippen LogP contribution in [0.2, 0.25) is 0 Å². The number of rotatable bonds is 1. The molecule has 4 aromatic rings. The van der Waals surface area contributed by atoms with E-state index in [2.05, 4.69) is 16.2 Å². The Kier molecular flexibility index (Phi) is 2.12. The Bertz CT molecular complexity index is 880. The van der Waals surface area contributed by atoms with Crippen LogP contribution < -0.4 is 0 Å². The zero-order valence-corrected chi connectivity index (χ0v) is 10.1. The van der Waals surface area contributed by atoms with Crippen LogP contribution in [-0.2, 0) is 0 Å². The molecule has 3 heteroatoms. The summed E-state index contributed by atoms with van der Waals surface area (Å²) in [6, 6.07) is 18.0. The van der Waals surface area contributed by atoms with Gasteiger partial charge in [0.05, 0.1) is 5.52 Å². The molecule has 0 spiro atoms. The van der Waals surface area contributed by atoms with Crippen molar-refractivity contribution < 1.29 is 4.52 Å². The minimum Gasteiger partial charge on any atom is -0.356 e. The van der Waals surface area contributed by atoms with E-state index in [0.29, 0.717) is 0 Å². The Labute approximate surface area is 109 Å². The summed E-state index contributed by atoms with van der Waals surface area (Å²) in [6.45, 7) is 0. The van der Waals surface area contributed by atoms with Gasteiger partial charge in [0.15, 0.2) is 5.58 Å². The van der Waals surface area contributed by atoms with Gasteiger partial charge in [-0.15, -0.1) is 0 Å². The molecule has 3 nitrogen and oxygen atoms in total. The zero-order valence-electron chi connectivity index (χ0n) is 10.1.